The van der Waals surface area contributed by atoms with Crippen molar-refractivity contribution in [3.8, 4) is 0 Å². The first kappa shape index (κ1) is 14.5. The van der Waals surface area contributed by atoms with Gasteiger partial charge in [-0.2, -0.15) is 5.10 Å². The van der Waals surface area contributed by atoms with E-state index in [0.29, 0.717) is 18.7 Å². The number of carbonyl (C=O) groups excluding carboxylic acids is 1. The van der Waals surface area contributed by atoms with E-state index < -0.39 is 11.9 Å². The van der Waals surface area contributed by atoms with Gasteiger partial charge in [0.25, 0.3) is 5.91 Å². The lowest BCUT2D eigenvalue weighted by atomic mass is 10.3. The Morgan fingerprint density at radius 1 is 1.50 bits per heavy atom. The molecule has 18 heavy (non-hydrogen) atoms. The molecule has 0 bridgehead atoms. The fourth-order valence-electron chi connectivity index (χ4n) is 1.55. The molecule has 0 radical (unpaired) electrons. The number of hydrogen-bond acceptors (Lipinski definition) is 3. The van der Waals surface area contributed by atoms with Crippen molar-refractivity contribution in [3.05, 3.63) is 16.4 Å². The quantitative estimate of drug-likeness (QED) is 0.878. The average molecular weight is 274 g/mol. The molecule has 0 aliphatic rings. The molecule has 100 valence electrons. The summed E-state index contributed by atoms with van der Waals surface area (Å²) in [6.45, 7) is 3.62. The zero-order valence-corrected chi connectivity index (χ0v) is 11.4. The molecule has 0 aliphatic carbocycles. The van der Waals surface area contributed by atoms with Gasteiger partial charge in [-0.05, 0) is 13.3 Å². The Hall–Kier alpha value is -1.56. The molecule has 0 aromatic carbocycles. The second-order valence-electron chi connectivity index (χ2n) is 3.99. The smallest absolute Gasteiger partial charge is 0.323 e. The van der Waals surface area contributed by atoms with Crippen LogP contribution in [0.4, 0.5) is 0 Å². The van der Waals surface area contributed by atoms with Crippen LogP contribution in [0.5, 0.6) is 0 Å². The van der Waals surface area contributed by atoms with Crippen molar-refractivity contribution < 1.29 is 14.7 Å². The van der Waals surface area contributed by atoms with Crippen molar-refractivity contribution in [2.45, 2.75) is 20.3 Å². The maximum atomic E-state index is 12.2. The summed E-state index contributed by atoms with van der Waals surface area (Å²) in [6.07, 6.45) is 0.669. The third-order valence-corrected chi connectivity index (χ3v) is 3.02. The Bertz CT molecular complexity index is 470. The Morgan fingerprint density at radius 3 is 2.50 bits per heavy atom. The van der Waals surface area contributed by atoms with Gasteiger partial charge in [-0.1, -0.05) is 18.5 Å². The second-order valence-corrected chi connectivity index (χ2v) is 4.37. The Balaban J connectivity index is 3.01. The summed E-state index contributed by atoms with van der Waals surface area (Å²) in [5.41, 5.74) is 0.776. The first-order valence-electron chi connectivity index (χ1n) is 5.58. The van der Waals surface area contributed by atoms with Gasteiger partial charge in [0, 0.05) is 13.6 Å². The lowest BCUT2D eigenvalue weighted by Crippen LogP contribution is -2.36. The lowest BCUT2D eigenvalue weighted by Gasteiger charge is -2.18. The van der Waals surface area contributed by atoms with E-state index in [1.807, 2.05) is 6.92 Å². The van der Waals surface area contributed by atoms with Crippen molar-refractivity contribution in [1.29, 1.82) is 0 Å². The van der Waals surface area contributed by atoms with Gasteiger partial charge in [-0.25, -0.2) is 0 Å². The van der Waals surface area contributed by atoms with Crippen molar-refractivity contribution in [1.82, 2.24) is 14.7 Å². The minimum Gasteiger partial charge on any atom is -0.480 e. The number of aryl methyl sites for hydroxylation is 1. The minimum absolute atomic E-state index is 0.103. The zero-order valence-electron chi connectivity index (χ0n) is 10.6. The van der Waals surface area contributed by atoms with Gasteiger partial charge in [0.05, 0.1) is 10.7 Å². The highest BCUT2D eigenvalue weighted by Crippen LogP contribution is 2.20. The van der Waals surface area contributed by atoms with Gasteiger partial charge in [-0.3, -0.25) is 14.3 Å². The number of carbonyl (C=O) groups is 2. The molecule has 7 heteroatoms. The van der Waals surface area contributed by atoms with E-state index in [4.69, 9.17) is 16.7 Å². The van der Waals surface area contributed by atoms with Crippen LogP contribution in [0.25, 0.3) is 0 Å². The third-order valence-electron chi connectivity index (χ3n) is 2.57. The van der Waals surface area contributed by atoms with E-state index >= 15 is 0 Å². The molecular formula is C11H16ClN3O3. The molecule has 0 saturated heterocycles. The Kier molecular flexibility index (Phi) is 4.72. The molecule has 0 saturated carbocycles. The molecular weight excluding hydrogens is 258 g/mol. The molecule has 0 atom stereocenters. The van der Waals surface area contributed by atoms with Crippen LogP contribution in [0.15, 0.2) is 0 Å². The highest BCUT2D eigenvalue weighted by atomic mass is 35.5. The second kappa shape index (κ2) is 5.86. The molecule has 1 amide bonds. The van der Waals surface area contributed by atoms with Crippen LogP contribution in [-0.2, 0) is 11.8 Å². The van der Waals surface area contributed by atoms with Crippen LogP contribution in [0.1, 0.15) is 29.5 Å². The van der Waals surface area contributed by atoms with E-state index in [1.165, 1.54) is 9.58 Å². The fraction of sp³-hybridized carbons (Fsp3) is 0.545. The van der Waals surface area contributed by atoms with E-state index in [2.05, 4.69) is 5.10 Å². The van der Waals surface area contributed by atoms with Crippen molar-refractivity contribution in [3.63, 3.8) is 0 Å². The van der Waals surface area contributed by atoms with Crippen LogP contribution < -0.4 is 0 Å². The van der Waals surface area contributed by atoms with Gasteiger partial charge in [0.15, 0.2) is 5.69 Å². The first-order valence-corrected chi connectivity index (χ1v) is 5.96. The predicted octanol–water partition coefficient (Wildman–Crippen LogP) is 1.32. The van der Waals surface area contributed by atoms with Gasteiger partial charge in [-0.15, -0.1) is 0 Å². The topological polar surface area (TPSA) is 75.4 Å². The summed E-state index contributed by atoms with van der Waals surface area (Å²) in [7, 11) is 1.68. The number of carboxylic acid groups (broad SMARTS) is 1. The average Bonchev–Trinajstić information content (AvgIpc) is 2.55. The monoisotopic (exact) mass is 273 g/mol. The van der Waals surface area contributed by atoms with Crippen LogP contribution in [0, 0.1) is 6.92 Å². The number of nitrogens with zero attached hydrogens (tertiary/aromatic N) is 3. The molecule has 1 aromatic rings. The number of amides is 1. The molecule has 1 N–H and O–H groups in total. The first-order chi connectivity index (χ1) is 8.38. The Morgan fingerprint density at radius 2 is 2.11 bits per heavy atom. The van der Waals surface area contributed by atoms with Crippen molar-refractivity contribution in [2.24, 2.45) is 7.05 Å². The van der Waals surface area contributed by atoms with E-state index in [-0.39, 0.29) is 17.3 Å². The highest BCUT2D eigenvalue weighted by Gasteiger charge is 2.24. The molecule has 1 aromatic heterocycles. The zero-order chi connectivity index (χ0) is 13.9. The standard InChI is InChI=1S/C11H16ClN3O3/c1-4-5-15(6-8(16)17)11(18)10-9(12)7(2)14(3)13-10/h4-6H2,1-3H3,(H,16,17). The summed E-state index contributed by atoms with van der Waals surface area (Å²) in [5.74, 6) is -1.51. The largest absolute Gasteiger partial charge is 0.480 e. The van der Waals surface area contributed by atoms with E-state index in [0.717, 1.165) is 0 Å². The van der Waals surface area contributed by atoms with E-state index in [9.17, 15) is 9.59 Å². The third kappa shape index (κ3) is 3.01. The molecule has 0 fully saturated rings. The van der Waals surface area contributed by atoms with Crippen LogP contribution in [0.3, 0.4) is 0 Å². The summed E-state index contributed by atoms with van der Waals surface area (Å²) < 4.78 is 1.50. The number of aromatic nitrogens is 2. The predicted molar refractivity (Wildman–Crippen MR) is 66.8 cm³/mol. The molecule has 6 nitrogen and oxygen atoms in total. The molecule has 1 heterocycles. The summed E-state index contributed by atoms with van der Waals surface area (Å²) >= 11 is 6.01. The van der Waals surface area contributed by atoms with Crippen LogP contribution >= 0.6 is 11.6 Å². The summed E-state index contributed by atoms with van der Waals surface area (Å²) in [6, 6.07) is 0. The maximum absolute atomic E-state index is 12.2. The van der Waals surface area contributed by atoms with Crippen molar-refractivity contribution >= 4 is 23.5 Å². The van der Waals surface area contributed by atoms with Crippen LogP contribution in [0.2, 0.25) is 5.02 Å². The summed E-state index contributed by atoms with van der Waals surface area (Å²) in [5, 5.41) is 13.1. The maximum Gasteiger partial charge on any atom is 0.323 e. The van der Waals surface area contributed by atoms with Gasteiger partial charge < -0.3 is 10.0 Å². The molecule has 0 spiro atoms. The van der Waals surface area contributed by atoms with E-state index in [1.54, 1.807) is 14.0 Å². The number of aliphatic carboxylic acids is 1. The lowest BCUT2D eigenvalue weighted by molar-refractivity contribution is -0.137. The van der Waals surface area contributed by atoms with Crippen molar-refractivity contribution in [2.75, 3.05) is 13.1 Å². The van der Waals surface area contributed by atoms with Gasteiger partial charge in [0.2, 0.25) is 0 Å². The number of halogens is 1. The normalized spacial score (nSPS) is 10.4. The number of rotatable bonds is 5. The Labute approximate surface area is 110 Å². The molecule has 0 unspecified atom stereocenters. The number of hydrogen-bond donors (Lipinski definition) is 1. The van der Waals surface area contributed by atoms with Gasteiger partial charge in [0.1, 0.15) is 6.54 Å². The highest BCUT2D eigenvalue weighted by molar-refractivity contribution is 6.34. The minimum atomic E-state index is -1.06. The molecule has 1 rings (SSSR count). The molecule has 0 aliphatic heterocycles. The summed E-state index contributed by atoms with van der Waals surface area (Å²) in [4.78, 5) is 24.1. The SMILES string of the molecule is CCCN(CC(=O)O)C(=O)c1nn(C)c(C)c1Cl. The van der Waals surface area contributed by atoms with Gasteiger partial charge >= 0.3 is 5.97 Å². The fourth-order valence-corrected chi connectivity index (χ4v) is 1.80. The van der Waals surface area contributed by atoms with Crippen LogP contribution in [-0.4, -0.2) is 44.8 Å². The number of carboxylic acids is 1.